The third-order valence-corrected chi connectivity index (χ3v) is 5.11. The van der Waals surface area contributed by atoms with Crippen LogP contribution in [0.4, 0.5) is 15.3 Å². The van der Waals surface area contributed by atoms with Crippen LogP contribution in [0.2, 0.25) is 0 Å². The molecule has 0 saturated heterocycles. The number of nitrogens with one attached hydrogen (secondary N) is 4. The topological polar surface area (TPSA) is 178 Å². The quantitative estimate of drug-likeness (QED) is 0.166. The van der Waals surface area contributed by atoms with E-state index < -0.39 is 42.0 Å². The summed E-state index contributed by atoms with van der Waals surface area (Å²) in [6.45, 7) is 7.26. The van der Waals surface area contributed by atoms with Crippen LogP contribution in [0.5, 0.6) is 0 Å². The summed E-state index contributed by atoms with van der Waals surface area (Å²) < 4.78 is 9.85. The number of carbonyl (C=O) groups is 5. The van der Waals surface area contributed by atoms with Gasteiger partial charge in [-0.25, -0.2) is 14.4 Å². The number of hydrogen-bond acceptors (Lipinski definition) is 7. The van der Waals surface area contributed by atoms with E-state index in [4.69, 9.17) is 15.2 Å². The lowest BCUT2D eigenvalue weighted by molar-refractivity contribution is -0.128. The standard InChI is InChI=1S/C23H31N5O7/c1-4-10-34-23(33)28-18(13(2)3)20(30)27-17(6-5-9-25-22(24)32)19(29)26-15-8-7-14-12-35-21(31)16(14)11-15/h4,7-8,11,13,17-18H,1,5-6,9-10,12H2,2-3H3,(H,26,29)(H,27,30)(H,28,33)(H3,24,25,32)/t17-,18-/m0/s1. The van der Waals surface area contributed by atoms with E-state index in [0.717, 1.165) is 0 Å². The minimum atomic E-state index is -1.01. The van der Waals surface area contributed by atoms with E-state index in [1.54, 1.807) is 26.0 Å². The summed E-state index contributed by atoms with van der Waals surface area (Å²) >= 11 is 0. The molecule has 0 bridgehead atoms. The average Bonchev–Trinajstić information content (AvgIpc) is 3.17. The maximum absolute atomic E-state index is 13.0. The summed E-state index contributed by atoms with van der Waals surface area (Å²) in [4.78, 5) is 60.7. The van der Waals surface area contributed by atoms with Gasteiger partial charge < -0.3 is 36.5 Å². The van der Waals surface area contributed by atoms with Crippen LogP contribution in [0.25, 0.3) is 0 Å². The lowest BCUT2D eigenvalue weighted by Gasteiger charge is -2.25. The van der Waals surface area contributed by atoms with E-state index in [0.29, 0.717) is 23.2 Å². The van der Waals surface area contributed by atoms with Crippen LogP contribution in [-0.2, 0) is 25.7 Å². The van der Waals surface area contributed by atoms with E-state index in [9.17, 15) is 24.0 Å². The van der Waals surface area contributed by atoms with Gasteiger partial charge in [0, 0.05) is 17.8 Å². The highest BCUT2D eigenvalue weighted by molar-refractivity contribution is 6.00. The van der Waals surface area contributed by atoms with Gasteiger partial charge in [0.1, 0.15) is 25.3 Å². The van der Waals surface area contributed by atoms with Gasteiger partial charge in [-0.1, -0.05) is 32.6 Å². The Morgan fingerprint density at radius 1 is 1.20 bits per heavy atom. The molecule has 6 N–H and O–H groups in total. The fourth-order valence-electron chi connectivity index (χ4n) is 3.31. The summed E-state index contributed by atoms with van der Waals surface area (Å²) in [6, 6.07) is 2.12. The van der Waals surface area contributed by atoms with Crippen LogP contribution in [0.1, 0.15) is 42.6 Å². The van der Waals surface area contributed by atoms with Crippen molar-refractivity contribution in [1.29, 1.82) is 0 Å². The Morgan fingerprint density at radius 3 is 2.60 bits per heavy atom. The molecule has 1 aliphatic heterocycles. The number of ether oxygens (including phenoxy) is 2. The molecule has 35 heavy (non-hydrogen) atoms. The lowest BCUT2D eigenvalue weighted by atomic mass is 10.0. The van der Waals surface area contributed by atoms with Crippen molar-refractivity contribution in [2.24, 2.45) is 11.7 Å². The Labute approximate surface area is 203 Å². The van der Waals surface area contributed by atoms with Crippen molar-refractivity contribution >= 4 is 35.6 Å². The molecule has 2 rings (SSSR count). The monoisotopic (exact) mass is 489 g/mol. The number of primary amides is 1. The number of esters is 1. The zero-order valence-electron chi connectivity index (χ0n) is 19.7. The van der Waals surface area contributed by atoms with E-state index in [1.165, 1.54) is 12.1 Å². The third kappa shape index (κ3) is 8.32. The van der Waals surface area contributed by atoms with Crippen molar-refractivity contribution in [3.63, 3.8) is 0 Å². The number of nitrogens with two attached hydrogens (primary N) is 1. The van der Waals surface area contributed by atoms with Crippen LogP contribution in [0.3, 0.4) is 0 Å². The maximum Gasteiger partial charge on any atom is 0.408 e. The summed E-state index contributed by atoms with van der Waals surface area (Å²) in [6.07, 6.45) is 1.09. The molecule has 12 heteroatoms. The molecule has 0 aliphatic carbocycles. The second-order valence-corrected chi connectivity index (χ2v) is 8.18. The molecule has 1 heterocycles. The minimum Gasteiger partial charge on any atom is -0.457 e. The molecule has 12 nitrogen and oxygen atoms in total. The van der Waals surface area contributed by atoms with Crippen molar-refractivity contribution < 1.29 is 33.4 Å². The Bertz CT molecular complexity index is 979. The summed E-state index contributed by atoms with van der Waals surface area (Å²) in [5.41, 5.74) is 6.49. The summed E-state index contributed by atoms with van der Waals surface area (Å²) in [7, 11) is 0. The third-order valence-electron chi connectivity index (χ3n) is 5.11. The highest BCUT2D eigenvalue weighted by Crippen LogP contribution is 2.23. The molecular weight excluding hydrogens is 458 g/mol. The van der Waals surface area contributed by atoms with Gasteiger partial charge in [0.15, 0.2) is 0 Å². The molecule has 0 aromatic heterocycles. The van der Waals surface area contributed by atoms with Gasteiger partial charge in [-0.2, -0.15) is 0 Å². The summed E-state index contributed by atoms with van der Waals surface area (Å²) in [5.74, 6) is -1.92. The molecule has 0 fully saturated rings. The van der Waals surface area contributed by atoms with E-state index in [-0.39, 0.29) is 32.1 Å². The van der Waals surface area contributed by atoms with Crippen molar-refractivity contribution in [2.75, 3.05) is 18.5 Å². The Morgan fingerprint density at radius 2 is 1.94 bits per heavy atom. The Kier molecular flexibility index (Phi) is 10.1. The fourth-order valence-corrected chi connectivity index (χ4v) is 3.31. The highest BCUT2D eigenvalue weighted by Gasteiger charge is 2.29. The van der Waals surface area contributed by atoms with Gasteiger partial charge in [-0.05, 0) is 30.9 Å². The number of hydrogen-bond donors (Lipinski definition) is 5. The van der Waals surface area contributed by atoms with Crippen LogP contribution in [0, 0.1) is 5.92 Å². The number of benzene rings is 1. The normalized spacial score (nSPS) is 13.6. The highest BCUT2D eigenvalue weighted by atomic mass is 16.5. The predicted octanol–water partition coefficient (Wildman–Crippen LogP) is 1.17. The lowest BCUT2D eigenvalue weighted by Crippen LogP contribution is -2.54. The number of amides is 5. The van der Waals surface area contributed by atoms with Gasteiger partial charge in [-0.3, -0.25) is 9.59 Å². The molecule has 1 aliphatic rings. The van der Waals surface area contributed by atoms with Gasteiger partial charge in [-0.15, -0.1) is 0 Å². The average molecular weight is 490 g/mol. The largest absolute Gasteiger partial charge is 0.457 e. The molecule has 0 unspecified atom stereocenters. The first-order valence-electron chi connectivity index (χ1n) is 11.1. The van der Waals surface area contributed by atoms with Crippen LogP contribution in [-0.4, -0.2) is 55.1 Å². The number of cyclic esters (lactones) is 1. The first-order valence-corrected chi connectivity index (χ1v) is 11.1. The molecule has 1 aromatic rings. The van der Waals surface area contributed by atoms with Gasteiger partial charge in [0.2, 0.25) is 11.8 Å². The van der Waals surface area contributed by atoms with Crippen molar-refractivity contribution in [2.45, 2.75) is 45.4 Å². The van der Waals surface area contributed by atoms with Crippen molar-refractivity contribution in [3.8, 4) is 0 Å². The zero-order valence-corrected chi connectivity index (χ0v) is 19.7. The van der Waals surface area contributed by atoms with Crippen molar-refractivity contribution in [3.05, 3.63) is 42.0 Å². The fraction of sp³-hybridized carbons (Fsp3) is 0.435. The summed E-state index contributed by atoms with van der Waals surface area (Å²) in [5, 5.41) is 10.2. The molecule has 0 spiro atoms. The van der Waals surface area contributed by atoms with Gasteiger partial charge >= 0.3 is 18.1 Å². The SMILES string of the molecule is C=CCOC(=O)N[C@H](C(=O)N[C@@H](CCCNC(N)=O)C(=O)Nc1ccc2c(c1)C(=O)OC2)C(C)C. The molecule has 5 amide bonds. The number of rotatable bonds is 12. The zero-order chi connectivity index (χ0) is 26.0. The van der Waals surface area contributed by atoms with Crippen LogP contribution < -0.4 is 27.0 Å². The second-order valence-electron chi connectivity index (χ2n) is 8.18. The number of alkyl carbamates (subject to hydrolysis) is 1. The molecular formula is C23H31N5O7. The predicted molar refractivity (Wildman–Crippen MR) is 126 cm³/mol. The Hall–Kier alpha value is -4.09. The smallest absolute Gasteiger partial charge is 0.408 e. The van der Waals surface area contributed by atoms with Crippen LogP contribution >= 0.6 is 0 Å². The molecule has 0 saturated carbocycles. The van der Waals surface area contributed by atoms with E-state index >= 15 is 0 Å². The molecule has 190 valence electrons. The molecule has 1 aromatic carbocycles. The molecule has 0 radical (unpaired) electrons. The van der Waals surface area contributed by atoms with E-state index in [2.05, 4.69) is 27.8 Å². The Balaban J connectivity index is 2.11. The minimum absolute atomic E-state index is 0.0233. The number of urea groups is 1. The van der Waals surface area contributed by atoms with Gasteiger partial charge in [0.25, 0.3) is 0 Å². The number of anilines is 1. The van der Waals surface area contributed by atoms with Gasteiger partial charge in [0.05, 0.1) is 5.56 Å². The number of carbonyl (C=O) groups excluding carboxylic acids is 5. The van der Waals surface area contributed by atoms with Crippen molar-refractivity contribution in [1.82, 2.24) is 16.0 Å². The first kappa shape index (κ1) is 27.2. The number of fused-ring (bicyclic) bond motifs is 1. The second kappa shape index (κ2) is 13.0. The molecule has 2 atom stereocenters. The van der Waals surface area contributed by atoms with Crippen LogP contribution in [0.15, 0.2) is 30.9 Å². The maximum atomic E-state index is 13.0. The first-order chi connectivity index (χ1) is 16.6. The van der Waals surface area contributed by atoms with E-state index in [1.807, 2.05) is 0 Å².